The molecule has 7 atom stereocenters. The fourth-order valence-corrected chi connectivity index (χ4v) is 6.04. The molecule has 35 heavy (non-hydrogen) atoms. The molecule has 3 heterocycles. The number of ether oxygens (including phenoxy) is 3. The highest BCUT2D eigenvalue weighted by Gasteiger charge is 2.60. The number of alkyl carbamates (subject to hydrolysis) is 1. The normalized spacial score (nSPS) is 29.9. The molecular weight excluding hydrogens is 480 g/mol. The maximum atomic E-state index is 12.5. The zero-order valence-electron chi connectivity index (χ0n) is 20.8. The molecule has 0 radical (unpaired) electrons. The minimum atomic E-state index is -1.18. The van der Waals surface area contributed by atoms with Gasteiger partial charge in [0.05, 0.1) is 29.6 Å². The number of nitrogens with zero attached hydrogens (tertiary/aromatic N) is 1. The first kappa shape index (κ1) is 27.3. The third kappa shape index (κ3) is 5.59. The van der Waals surface area contributed by atoms with Crippen LogP contribution in [0.5, 0.6) is 0 Å². The number of aliphatic hydroxyl groups excluding tert-OH is 1. The summed E-state index contributed by atoms with van der Waals surface area (Å²) in [6.45, 7) is 10.5. The number of thioether (sulfide) groups is 1. The number of carbonyl (C=O) groups excluding carboxylic acids is 3. The summed E-state index contributed by atoms with van der Waals surface area (Å²) in [5, 5.41) is 22.3. The van der Waals surface area contributed by atoms with Crippen molar-refractivity contribution in [2.24, 2.45) is 17.3 Å². The Labute approximate surface area is 208 Å². The zero-order chi connectivity index (χ0) is 26.2. The molecule has 196 valence electrons. The molecule has 0 bridgehead atoms. The van der Waals surface area contributed by atoms with E-state index < -0.39 is 47.9 Å². The number of β-lactam (4-membered cyclic amide) rings is 1. The monoisotopic (exact) mass is 514 g/mol. The number of rotatable bonds is 8. The average molecular weight is 515 g/mol. The molecule has 0 spiro atoms. The van der Waals surface area contributed by atoms with Crippen molar-refractivity contribution in [3.05, 3.63) is 10.6 Å². The zero-order valence-corrected chi connectivity index (χ0v) is 21.6. The van der Waals surface area contributed by atoms with Gasteiger partial charge >= 0.3 is 18.0 Å². The van der Waals surface area contributed by atoms with Gasteiger partial charge < -0.3 is 34.6 Å². The van der Waals surface area contributed by atoms with Crippen LogP contribution in [0.25, 0.3) is 0 Å². The van der Waals surface area contributed by atoms with E-state index in [0.29, 0.717) is 17.9 Å². The van der Waals surface area contributed by atoms with E-state index in [1.165, 1.54) is 30.5 Å². The predicted octanol–water partition coefficient (Wildman–Crippen LogP) is 1.69. The first-order valence-corrected chi connectivity index (χ1v) is 12.5. The van der Waals surface area contributed by atoms with Gasteiger partial charge in [-0.2, -0.15) is 0 Å². The molecule has 0 aliphatic carbocycles. The topological polar surface area (TPSA) is 152 Å². The first-order valence-electron chi connectivity index (χ1n) is 11.7. The molecule has 3 N–H and O–H groups in total. The Morgan fingerprint density at radius 2 is 1.91 bits per heavy atom. The number of carboxylic acids is 1. The summed E-state index contributed by atoms with van der Waals surface area (Å²) in [6.07, 6.45) is -2.48. The Kier molecular flexibility index (Phi) is 8.07. The van der Waals surface area contributed by atoms with Crippen LogP contribution in [0.15, 0.2) is 10.6 Å². The van der Waals surface area contributed by atoms with E-state index in [2.05, 4.69) is 5.32 Å². The smallest absolute Gasteiger partial charge is 0.410 e. The second-order valence-electron chi connectivity index (χ2n) is 10.1. The predicted molar refractivity (Wildman–Crippen MR) is 125 cm³/mol. The van der Waals surface area contributed by atoms with Crippen molar-refractivity contribution in [2.45, 2.75) is 77.8 Å². The maximum Gasteiger partial charge on any atom is 0.410 e. The van der Waals surface area contributed by atoms with Gasteiger partial charge in [-0.25, -0.2) is 9.59 Å². The van der Waals surface area contributed by atoms with Crippen molar-refractivity contribution in [3.8, 4) is 0 Å². The van der Waals surface area contributed by atoms with Crippen LogP contribution >= 0.6 is 11.8 Å². The largest absolute Gasteiger partial charge is 0.477 e. The summed E-state index contributed by atoms with van der Waals surface area (Å²) in [5.74, 6) is -2.94. The number of aliphatic hydroxyl groups is 1. The number of hydrogen-bond donors (Lipinski definition) is 3. The van der Waals surface area contributed by atoms with E-state index in [9.17, 15) is 29.4 Å². The lowest BCUT2D eigenvalue weighted by Gasteiger charge is -2.46. The van der Waals surface area contributed by atoms with Crippen molar-refractivity contribution < 1.29 is 43.6 Å². The molecule has 11 nitrogen and oxygen atoms in total. The lowest BCUT2D eigenvalue weighted by Crippen LogP contribution is -2.63. The van der Waals surface area contributed by atoms with Gasteiger partial charge in [-0.05, 0) is 34.1 Å². The molecule has 1 unspecified atom stereocenters. The van der Waals surface area contributed by atoms with Crippen LogP contribution in [0.2, 0.25) is 0 Å². The van der Waals surface area contributed by atoms with Gasteiger partial charge in [0, 0.05) is 36.1 Å². The van der Waals surface area contributed by atoms with Crippen molar-refractivity contribution in [1.82, 2.24) is 10.2 Å². The molecule has 0 aromatic rings. The number of esters is 1. The van der Waals surface area contributed by atoms with Gasteiger partial charge in [-0.1, -0.05) is 6.92 Å². The lowest BCUT2D eigenvalue weighted by atomic mass is 9.79. The fraction of sp³-hybridized carbons (Fsp3) is 0.739. The number of fused-ring (bicyclic) bond motifs is 1. The number of carbonyl (C=O) groups is 4. The second kappa shape index (κ2) is 10.4. The van der Waals surface area contributed by atoms with Gasteiger partial charge in [0.25, 0.3) is 0 Å². The van der Waals surface area contributed by atoms with E-state index in [1.807, 2.05) is 6.92 Å². The Hall–Kier alpha value is -2.31. The summed E-state index contributed by atoms with van der Waals surface area (Å²) in [4.78, 5) is 50.5. The summed E-state index contributed by atoms with van der Waals surface area (Å²) in [6, 6.07) is -0.387. The van der Waals surface area contributed by atoms with Gasteiger partial charge in [-0.15, -0.1) is 11.8 Å². The Bertz CT molecular complexity index is 913. The van der Waals surface area contributed by atoms with Gasteiger partial charge in [-0.3, -0.25) is 9.59 Å². The molecule has 2 saturated heterocycles. The summed E-state index contributed by atoms with van der Waals surface area (Å²) < 4.78 is 15.9. The minimum absolute atomic E-state index is 0.0399. The summed E-state index contributed by atoms with van der Waals surface area (Å²) in [7, 11) is 0. The van der Waals surface area contributed by atoms with Crippen LogP contribution < -0.4 is 5.32 Å². The van der Waals surface area contributed by atoms with E-state index in [1.54, 1.807) is 20.8 Å². The molecule has 12 heteroatoms. The molecule has 0 aromatic heterocycles. The highest BCUT2D eigenvalue weighted by Crippen LogP contribution is 2.52. The van der Waals surface area contributed by atoms with Crippen LogP contribution in [-0.4, -0.2) is 82.0 Å². The van der Waals surface area contributed by atoms with Crippen molar-refractivity contribution in [1.29, 1.82) is 0 Å². The molecular formula is C23H34N2O9S. The molecule has 3 rings (SSSR count). The summed E-state index contributed by atoms with van der Waals surface area (Å²) in [5.41, 5.74) is -0.769. The van der Waals surface area contributed by atoms with Gasteiger partial charge in [0.1, 0.15) is 5.70 Å². The molecule has 2 amide bonds. The first-order chi connectivity index (χ1) is 16.2. The molecule has 3 aliphatic rings. The molecule has 3 aliphatic heterocycles. The Morgan fingerprint density at radius 3 is 2.49 bits per heavy atom. The second-order valence-corrected chi connectivity index (χ2v) is 11.4. The number of carboxylic acid groups (broad SMARTS) is 1. The molecule has 0 saturated carbocycles. The van der Waals surface area contributed by atoms with Gasteiger partial charge in [0.15, 0.2) is 0 Å². The number of amides is 2. The highest BCUT2D eigenvalue weighted by atomic mass is 32.2. The van der Waals surface area contributed by atoms with Gasteiger partial charge in [0.2, 0.25) is 12.2 Å². The van der Waals surface area contributed by atoms with Crippen LogP contribution in [0.3, 0.4) is 0 Å². The van der Waals surface area contributed by atoms with E-state index >= 15 is 0 Å². The molecule has 0 aromatic carbocycles. The fourth-order valence-electron chi connectivity index (χ4n) is 4.52. The number of hydrogen-bond acceptors (Lipinski definition) is 9. The van der Waals surface area contributed by atoms with Crippen LogP contribution in [0, 0.1) is 17.3 Å². The SMILES string of the molecule is CC(OC(=O)NC[C@H]1OCC[C@H]1SC1=C(C(=O)O)N2C(=O)[C@H]([C@@H](C)O)[C@H]2[C@H]1C)OC(=O)C(C)(C)C. The third-order valence-corrected chi connectivity index (χ3v) is 8.01. The Balaban J connectivity index is 1.59. The third-order valence-electron chi connectivity index (χ3n) is 6.34. The number of nitrogens with one attached hydrogen (secondary N) is 1. The summed E-state index contributed by atoms with van der Waals surface area (Å²) >= 11 is 1.34. The number of aliphatic carboxylic acids is 1. The molecule has 2 fully saturated rings. The van der Waals surface area contributed by atoms with Crippen molar-refractivity contribution >= 4 is 35.7 Å². The standard InChI is InChI=1S/C23H34N2O9S/c1-10-16-15(11(2)26)19(27)25(16)17(20(28)29)18(10)35-14-7-8-32-13(14)9-24-22(31)34-12(3)33-21(30)23(4,5)6/h10-16,26H,7-9H2,1-6H3,(H,24,31)(H,28,29)/t10-,11-,12?,13-,14-,15-,16-/m1/s1. The van der Waals surface area contributed by atoms with Crippen LogP contribution in [0.4, 0.5) is 4.79 Å². The minimum Gasteiger partial charge on any atom is -0.477 e. The van der Waals surface area contributed by atoms with E-state index in [-0.39, 0.29) is 35.4 Å². The van der Waals surface area contributed by atoms with Crippen molar-refractivity contribution in [3.63, 3.8) is 0 Å². The lowest BCUT2D eigenvalue weighted by molar-refractivity contribution is -0.174. The Morgan fingerprint density at radius 1 is 1.26 bits per heavy atom. The maximum absolute atomic E-state index is 12.5. The quantitative estimate of drug-likeness (QED) is 0.248. The van der Waals surface area contributed by atoms with Crippen molar-refractivity contribution in [2.75, 3.05) is 13.2 Å². The van der Waals surface area contributed by atoms with E-state index in [0.717, 1.165) is 0 Å². The van der Waals surface area contributed by atoms with Crippen LogP contribution in [0.1, 0.15) is 48.0 Å². The van der Waals surface area contributed by atoms with E-state index in [4.69, 9.17) is 14.2 Å². The highest BCUT2D eigenvalue weighted by molar-refractivity contribution is 8.03. The average Bonchev–Trinajstić information content (AvgIpc) is 3.26. The van der Waals surface area contributed by atoms with Crippen LogP contribution in [-0.2, 0) is 28.6 Å².